The number of anilines is 2. The van der Waals surface area contributed by atoms with Crippen molar-refractivity contribution in [2.24, 2.45) is 0 Å². The minimum atomic E-state index is -0.469. The van der Waals surface area contributed by atoms with Gasteiger partial charge in [0, 0.05) is 28.0 Å². The maximum absolute atomic E-state index is 13.4. The van der Waals surface area contributed by atoms with Gasteiger partial charge in [-0.2, -0.15) is 0 Å². The van der Waals surface area contributed by atoms with Crippen LogP contribution in [0, 0.1) is 0 Å². The van der Waals surface area contributed by atoms with E-state index in [9.17, 15) is 9.59 Å². The maximum atomic E-state index is 13.4. The predicted molar refractivity (Wildman–Crippen MR) is 141 cm³/mol. The van der Waals surface area contributed by atoms with E-state index < -0.39 is 5.25 Å². The molecule has 7 heteroatoms. The molecule has 0 fully saturated rings. The van der Waals surface area contributed by atoms with Crippen molar-refractivity contribution in [2.75, 3.05) is 10.6 Å². The molecule has 1 unspecified atom stereocenters. The van der Waals surface area contributed by atoms with Crippen molar-refractivity contribution >= 4 is 57.2 Å². The van der Waals surface area contributed by atoms with E-state index in [1.54, 1.807) is 6.07 Å². The fourth-order valence-electron chi connectivity index (χ4n) is 3.62. The Labute approximate surface area is 205 Å². The largest absolute Gasteiger partial charge is 0.361 e. The molecule has 34 heavy (non-hydrogen) atoms. The van der Waals surface area contributed by atoms with Gasteiger partial charge in [0.15, 0.2) is 0 Å². The Morgan fingerprint density at radius 1 is 0.824 bits per heavy atom. The molecule has 2 aromatic heterocycles. The zero-order valence-corrected chi connectivity index (χ0v) is 19.7. The lowest BCUT2D eigenvalue weighted by Crippen LogP contribution is -2.19. The number of H-pyrrole nitrogens is 1. The third kappa shape index (κ3) is 5.06. The molecule has 0 bridgehead atoms. The minimum Gasteiger partial charge on any atom is -0.361 e. The lowest BCUT2D eigenvalue weighted by atomic mass is 10.1. The average molecular weight is 484 g/mol. The highest BCUT2D eigenvalue weighted by atomic mass is 32.2. The number of fused-ring (bicyclic) bond motifs is 1. The smallest absolute Gasteiger partial charge is 0.265 e. The van der Waals surface area contributed by atoms with Gasteiger partial charge in [0.25, 0.3) is 5.91 Å². The number of amides is 2. The average Bonchev–Trinajstić information content (AvgIpc) is 3.55. The van der Waals surface area contributed by atoms with Gasteiger partial charge in [0.05, 0.1) is 4.88 Å². The van der Waals surface area contributed by atoms with E-state index in [2.05, 4.69) is 15.6 Å². The molecule has 2 heterocycles. The third-order valence-corrected chi connectivity index (χ3v) is 7.37. The molecular formula is C27H21N3O2S2. The Kier molecular flexibility index (Phi) is 6.46. The van der Waals surface area contributed by atoms with E-state index in [0.29, 0.717) is 10.6 Å². The van der Waals surface area contributed by atoms with Gasteiger partial charge in [-0.05, 0) is 58.8 Å². The lowest BCUT2D eigenvalue weighted by molar-refractivity contribution is -0.115. The molecule has 2 amide bonds. The number of hydrogen-bond donors (Lipinski definition) is 3. The first-order valence-electron chi connectivity index (χ1n) is 10.7. The van der Waals surface area contributed by atoms with Crippen molar-refractivity contribution in [1.82, 2.24) is 4.98 Å². The van der Waals surface area contributed by atoms with Gasteiger partial charge in [-0.25, -0.2) is 0 Å². The van der Waals surface area contributed by atoms with Gasteiger partial charge in [-0.15, -0.1) is 23.1 Å². The summed E-state index contributed by atoms with van der Waals surface area (Å²) < 4.78 is 0. The zero-order valence-electron chi connectivity index (χ0n) is 18.0. The number of aromatic amines is 1. The van der Waals surface area contributed by atoms with Gasteiger partial charge in [-0.3, -0.25) is 9.59 Å². The normalized spacial score (nSPS) is 11.8. The summed E-state index contributed by atoms with van der Waals surface area (Å²) in [5.74, 6) is -0.260. The molecule has 1 atom stereocenters. The number of carbonyl (C=O) groups excluding carboxylic acids is 2. The van der Waals surface area contributed by atoms with Crippen LogP contribution in [0.3, 0.4) is 0 Å². The molecule has 3 aromatic carbocycles. The molecule has 0 saturated carbocycles. The van der Waals surface area contributed by atoms with Crippen molar-refractivity contribution in [3.63, 3.8) is 0 Å². The van der Waals surface area contributed by atoms with Crippen molar-refractivity contribution in [3.8, 4) is 0 Å². The van der Waals surface area contributed by atoms with Gasteiger partial charge < -0.3 is 15.6 Å². The number of hydrogen-bond acceptors (Lipinski definition) is 4. The molecule has 5 aromatic rings. The van der Waals surface area contributed by atoms with E-state index in [1.807, 2.05) is 96.5 Å². The van der Waals surface area contributed by atoms with Crippen LogP contribution in [-0.4, -0.2) is 16.8 Å². The van der Waals surface area contributed by atoms with Crippen molar-refractivity contribution in [1.29, 1.82) is 0 Å². The number of thiophene rings is 1. The molecule has 5 rings (SSSR count). The minimum absolute atomic E-state index is 0.116. The number of nitrogens with one attached hydrogen (secondary N) is 3. The van der Waals surface area contributed by atoms with Gasteiger partial charge in [0.1, 0.15) is 5.25 Å². The number of aromatic nitrogens is 1. The summed E-state index contributed by atoms with van der Waals surface area (Å²) in [4.78, 5) is 30.5. The standard InChI is InChI=1S/C27H21N3O2S2/c31-26(24-10-5-15-33-24)29-20-8-4-9-22(16-20)34-25(19-6-2-1-3-7-19)27(32)30-21-12-11-18-13-14-28-23(18)17-21/h1-17,25,28H,(H,29,31)(H,30,32). The van der Waals surface area contributed by atoms with Crippen LogP contribution in [0.1, 0.15) is 20.5 Å². The Bertz CT molecular complexity index is 1430. The fourth-order valence-corrected chi connectivity index (χ4v) is 5.32. The highest BCUT2D eigenvalue weighted by Crippen LogP contribution is 2.37. The van der Waals surface area contributed by atoms with Crippen LogP contribution in [0.5, 0.6) is 0 Å². The van der Waals surface area contributed by atoms with E-state index in [0.717, 1.165) is 27.0 Å². The second-order valence-electron chi connectivity index (χ2n) is 7.64. The van der Waals surface area contributed by atoms with Gasteiger partial charge >= 0.3 is 0 Å². The highest BCUT2D eigenvalue weighted by Gasteiger charge is 2.22. The van der Waals surface area contributed by atoms with Gasteiger partial charge in [-0.1, -0.05) is 48.5 Å². The second kappa shape index (κ2) is 9.99. The summed E-state index contributed by atoms with van der Waals surface area (Å²) in [6.45, 7) is 0. The molecule has 0 aliphatic heterocycles. The molecule has 5 nitrogen and oxygen atoms in total. The first kappa shape index (κ1) is 22.0. The molecule has 168 valence electrons. The van der Waals surface area contributed by atoms with Gasteiger partial charge in [0.2, 0.25) is 5.91 Å². The Morgan fingerprint density at radius 3 is 2.50 bits per heavy atom. The summed E-state index contributed by atoms with van der Waals surface area (Å²) in [5, 5.41) is 8.49. The number of benzene rings is 3. The summed E-state index contributed by atoms with van der Waals surface area (Å²) >= 11 is 2.84. The van der Waals surface area contributed by atoms with Crippen molar-refractivity contribution in [2.45, 2.75) is 10.1 Å². The third-order valence-electron chi connectivity index (χ3n) is 5.25. The summed E-state index contributed by atoms with van der Waals surface area (Å²) in [7, 11) is 0. The van der Waals surface area contributed by atoms with Crippen LogP contribution in [0.2, 0.25) is 0 Å². The molecule has 0 aliphatic rings. The number of rotatable bonds is 7. The first-order valence-corrected chi connectivity index (χ1v) is 12.5. The SMILES string of the molecule is O=C(Nc1cccc(SC(C(=O)Nc2ccc3cc[nH]c3c2)c2ccccc2)c1)c1cccs1. The Hall–Kier alpha value is -3.81. The second-order valence-corrected chi connectivity index (χ2v) is 9.76. The van der Waals surface area contributed by atoms with E-state index in [4.69, 9.17) is 0 Å². The molecule has 0 aliphatic carbocycles. The topological polar surface area (TPSA) is 74.0 Å². The number of thioether (sulfide) groups is 1. The molecule has 0 saturated heterocycles. The van der Waals surface area contributed by atoms with Crippen LogP contribution in [-0.2, 0) is 4.79 Å². The highest BCUT2D eigenvalue weighted by molar-refractivity contribution is 8.00. The molecular weight excluding hydrogens is 462 g/mol. The Morgan fingerprint density at radius 2 is 1.68 bits per heavy atom. The summed E-state index contributed by atoms with van der Waals surface area (Å²) in [6.07, 6.45) is 1.88. The predicted octanol–water partition coefficient (Wildman–Crippen LogP) is 6.95. The molecule has 0 spiro atoms. The summed E-state index contributed by atoms with van der Waals surface area (Å²) in [6, 6.07) is 28.7. The van der Waals surface area contributed by atoms with Crippen LogP contribution in [0.4, 0.5) is 11.4 Å². The van der Waals surface area contributed by atoms with Crippen LogP contribution in [0.15, 0.2) is 107 Å². The number of carbonyl (C=O) groups is 2. The molecule has 3 N–H and O–H groups in total. The van der Waals surface area contributed by atoms with E-state index in [1.165, 1.54) is 23.1 Å². The van der Waals surface area contributed by atoms with E-state index >= 15 is 0 Å². The van der Waals surface area contributed by atoms with Crippen LogP contribution < -0.4 is 10.6 Å². The van der Waals surface area contributed by atoms with E-state index in [-0.39, 0.29) is 11.8 Å². The lowest BCUT2D eigenvalue weighted by Gasteiger charge is -2.18. The van der Waals surface area contributed by atoms with Crippen LogP contribution in [0.25, 0.3) is 10.9 Å². The van der Waals surface area contributed by atoms with Crippen LogP contribution >= 0.6 is 23.1 Å². The quantitative estimate of drug-likeness (QED) is 0.219. The van der Waals surface area contributed by atoms with Crippen molar-refractivity contribution in [3.05, 3.63) is 113 Å². The first-order chi connectivity index (χ1) is 16.7. The van der Waals surface area contributed by atoms with Crippen molar-refractivity contribution < 1.29 is 9.59 Å². The monoisotopic (exact) mass is 483 g/mol. The summed E-state index contributed by atoms with van der Waals surface area (Å²) in [5.41, 5.74) is 3.29. The fraction of sp³-hybridized carbons (Fsp3) is 0.0370. The molecule has 0 radical (unpaired) electrons. The Balaban J connectivity index is 1.37. The zero-order chi connectivity index (χ0) is 23.3. The maximum Gasteiger partial charge on any atom is 0.265 e.